The minimum atomic E-state index is -2.81. The second kappa shape index (κ2) is 6.24. The molecule has 3 rings (SSSR count). The summed E-state index contributed by atoms with van der Waals surface area (Å²) in [5.74, 6) is -1.64. The number of rotatable bonds is 3. The fourth-order valence-electron chi connectivity index (χ4n) is 2.76. The Labute approximate surface area is 144 Å². The van der Waals surface area contributed by atoms with Gasteiger partial charge in [0.1, 0.15) is 25.6 Å². The first-order chi connectivity index (χ1) is 13.9. The van der Waals surface area contributed by atoms with Crippen molar-refractivity contribution in [3.63, 3.8) is 0 Å². The molecule has 2 aromatic rings. The highest BCUT2D eigenvalue weighted by molar-refractivity contribution is 5.87. The summed E-state index contributed by atoms with van der Waals surface area (Å²) >= 11 is 0. The topological polar surface area (TPSA) is 88.9 Å². The molecule has 23 heavy (non-hydrogen) atoms. The van der Waals surface area contributed by atoms with Crippen LogP contribution < -0.4 is 4.90 Å². The molecule has 1 fully saturated rings. The maximum Gasteiger partial charge on any atom is 0.236 e. The Hall–Kier alpha value is -2.62. The summed E-state index contributed by atoms with van der Waals surface area (Å²) in [6.45, 7) is -5.36. The van der Waals surface area contributed by atoms with E-state index in [1.165, 1.54) is 11.1 Å². The number of carbonyl (C=O) groups is 1. The van der Waals surface area contributed by atoms with Crippen LogP contribution in [0.1, 0.15) is 29.3 Å². The number of hydrogen-bond donors (Lipinski definition) is 1. The van der Waals surface area contributed by atoms with Gasteiger partial charge in [-0.25, -0.2) is 9.97 Å². The average Bonchev–Trinajstić information content (AvgIpc) is 3.08. The van der Waals surface area contributed by atoms with Crippen LogP contribution in [-0.4, -0.2) is 51.9 Å². The maximum absolute atomic E-state index is 12.3. The number of carbonyl (C=O) groups excluding carboxylic acids is 1. The van der Waals surface area contributed by atoms with Crippen molar-refractivity contribution in [2.45, 2.75) is 25.7 Å². The number of piperidine rings is 1. The van der Waals surface area contributed by atoms with Crippen LogP contribution in [0.15, 0.2) is 18.6 Å². The summed E-state index contributed by atoms with van der Waals surface area (Å²) in [5, 5.41) is 9.15. The largest absolute Gasteiger partial charge is 0.354 e. The summed E-state index contributed by atoms with van der Waals surface area (Å²) in [7, 11) is 0. The highest BCUT2D eigenvalue weighted by Crippen LogP contribution is 2.28. The third-order valence-corrected chi connectivity index (χ3v) is 4.01. The predicted octanol–water partition coefficient (Wildman–Crippen LogP) is 1.54. The van der Waals surface area contributed by atoms with E-state index in [1.807, 2.05) is 0 Å². The quantitative estimate of drug-likeness (QED) is 0.927. The third-order valence-electron chi connectivity index (χ3n) is 4.01. The zero-order valence-electron chi connectivity index (χ0n) is 19.3. The molecule has 1 aliphatic rings. The van der Waals surface area contributed by atoms with Crippen molar-refractivity contribution >= 4 is 22.8 Å². The highest BCUT2D eigenvalue weighted by Gasteiger charge is 2.32. The lowest BCUT2D eigenvalue weighted by molar-refractivity contribution is -0.131. The molecule has 0 spiro atoms. The van der Waals surface area contributed by atoms with Crippen molar-refractivity contribution in [1.29, 1.82) is 5.26 Å². The molecule has 0 aliphatic carbocycles. The van der Waals surface area contributed by atoms with Gasteiger partial charge in [-0.15, -0.1) is 0 Å². The molecular weight excluding hydrogens is 292 g/mol. The minimum Gasteiger partial charge on any atom is -0.354 e. The summed E-state index contributed by atoms with van der Waals surface area (Å²) in [4.78, 5) is 25.2. The first-order valence-electron chi connectivity index (χ1n) is 10.7. The minimum absolute atomic E-state index is 0.0417. The van der Waals surface area contributed by atoms with Gasteiger partial charge in [-0.3, -0.25) is 4.79 Å². The van der Waals surface area contributed by atoms with E-state index >= 15 is 0 Å². The molecule has 120 valence electrons. The number of nitrogens with zero attached hydrogens (tertiary/aromatic N) is 5. The molecule has 7 nitrogen and oxygen atoms in total. The highest BCUT2D eigenvalue weighted by atomic mass is 16.2. The van der Waals surface area contributed by atoms with Crippen LogP contribution in [0.5, 0.6) is 0 Å². The molecule has 3 heterocycles. The Morgan fingerprint density at radius 1 is 1.70 bits per heavy atom. The predicted molar refractivity (Wildman–Crippen MR) is 86.7 cm³/mol. The number of fused-ring (bicyclic) bond motifs is 1. The number of likely N-dealkylation sites (N-methyl/N-ethyl adjacent to an activating group) is 1. The summed E-state index contributed by atoms with van der Waals surface area (Å²) in [6.07, 6.45) is 0.754. The molecule has 1 N–H and O–H groups in total. The molecule has 2 atom stereocenters. The van der Waals surface area contributed by atoms with E-state index in [1.54, 1.807) is 12.1 Å². The van der Waals surface area contributed by atoms with Gasteiger partial charge in [-0.1, -0.05) is 6.85 Å². The Kier molecular flexibility index (Phi) is 2.41. The van der Waals surface area contributed by atoms with Crippen LogP contribution in [0.4, 0.5) is 5.82 Å². The lowest BCUT2D eigenvalue weighted by Gasteiger charge is -2.42. The van der Waals surface area contributed by atoms with Gasteiger partial charge < -0.3 is 14.8 Å². The summed E-state index contributed by atoms with van der Waals surface area (Å²) < 4.78 is 55.9. The number of H-pyrrole nitrogens is 1. The van der Waals surface area contributed by atoms with Crippen LogP contribution in [-0.2, 0) is 4.79 Å². The lowest BCUT2D eigenvalue weighted by Crippen LogP contribution is -2.52. The van der Waals surface area contributed by atoms with E-state index in [4.69, 9.17) is 14.9 Å². The molecule has 1 aliphatic heterocycles. The fourth-order valence-corrected chi connectivity index (χ4v) is 2.76. The maximum atomic E-state index is 12.3. The lowest BCUT2D eigenvalue weighted by atomic mass is 9.92. The third kappa shape index (κ3) is 2.84. The van der Waals surface area contributed by atoms with E-state index in [0.29, 0.717) is 5.39 Å². The summed E-state index contributed by atoms with van der Waals surface area (Å²) in [5.41, 5.74) is 0.248. The second-order valence-electron chi connectivity index (χ2n) is 5.39. The first-order valence-corrected chi connectivity index (χ1v) is 7.19. The van der Waals surface area contributed by atoms with E-state index in [-0.39, 0.29) is 37.4 Å². The fraction of sp³-hybridized carbons (Fsp3) is 0.500. The molecule has 0 bridgehead atoms. The number of likely N-dealkylation sites (tertiary alicyclic amines) is 1. The van der Waals surface area contributed by atoms with Crippen molar-refractivity contribution in [3.05, 3.63) is 18.6 Å². The van der Waals surface area contributed by atoms with Crippen LogP contribution in [0.2, 0.25) is 0 Å². The van der Waals surface area contributed by atoms with E-state index in [9.17, 15) is 4.79 Å². The van der Waals surface area contributed by atoms with E-state index in [0.717, 1.165) is 4.90 Å². The first kappa shape index (κ1) is 8.87. The zero-order valence-corrected chi connectivity index (χ0v) is 12.3. The van der Waals surface area contributed by atoms with Gasteiger partial charge in [-0.05, 0) is 18.4 Å². The number of nitrogens with one attached hydrogen (secondary N) is 1. The smallest absolute Gasteiger partial charge is 0.236 e. The van der Waals surface area contributed by atoms with Crippen LogP contribution in [0.25, 0.3) is 11.0 Å². The molecule has 1 amide bonds. The van der Waals surface area contributed by atoms with Crippen LogP contribution >= 0.6 is 0 Å². The Bertz CT molecular complexity index is 979. The number of amides is 1. The van der Waals surface area contributed by atoms with E-state index in [2.05, 4.69) is 15.0 Å². The van der Waals surface area contributed by atoms with Gasteiger partial charge >= 0.3 is 0 Å². The van der Waals surface area contributed by atoms with Crippen molar-refractivity contribution in [3.8, 4) is 6.07 Å². The Morgan fingerprint density at radius 2 is 2.61 bits per heavy atom. The van der Waals surface area contributed by atoms with Gasteiger partial charge in [-0.2, -0.15) is 5.26 Å². The van der Waals surface area contributed by atoms with Crippen LogP contribution in [0, 0.1) is 17.2 Å². The van der Waals surface area contributed by atoms with Gasteiger partial charge in [0, 0.05) is 34.5 Å². The van der Waals surface area contributed by atoms with Crippen molar-refractivity contribution in [1.82, 2.24) is 19.9 Å². The van der Waals surface area contributed by atoms with Crippen molar-refractivity contribution < 1.29 is 14.4 Å². The Morgan fingerprint density at radius 3 is 3.39 bits per heavy atom. The van der Waals surface area contributed by atoms with Gasteiger partial charge in [0.2, 0.25) is 5.91 Å². The number of nitriles is 1. The Balaban J connectivity index is 2.14. The molecular formula is C16H20N6O. The zero-order chi connectivity index (χ0) is 22.3. The number of aromatic amines is 1. The molecule has 7 heteroatoms. The summed E-state index contributed by atoms with van der Waals surface area (Å²) in [6, 6.07) is 2.18. The van der Waals surface area contributed by atoms with E-state index < -0.39 is 38.0 Å². The van der Waals surface area contributed by atoms with Gasteiger partial charge in [0.25, 0.3) is 0 Å². The average molecular weight is 319 g/mol. The SMILES string of the molecule is [2H]c1nc(N([C@H]2CN(C(=O)CC#N)CC[C@H]2C([2H])([2H])[2H])C([2H])([2H])[2H])c2cc[nH]c2n1. The number of anilines is 1. The molecule has 0 unspecified atom stereocenters. The second-order valence-corrected chi connectivity index (χ2v) is 5.39. The number of aromatic nitrogens is 3. The van der Waals surface area contributed by atoms with Gasteiger partial charge in [0.05, 0.1) is 17.5 Å². The molecule has 0 aromatic carbocycles. The molecule has 0 radical (unpaired) electrons. The molecule has 0 saturated carbocycles. The molecule has 1 saturated heterocycles. The molecule has 2 aromatic heterocycles. The van der Waals surface area contributed by atoms with Crippen molar-refractivity contribution in [2.24, 2.45) is 5.92 Å². The van der Waals surface area contributed by atoms with Crippen LogP contribution in [0.3, 0.4) is 0 Å². The monoisotopic (exact) mass is 319 g/mol. The number of hydrogen-bond acceptors (Lipinski definition) is 5. The standard InChI is InChI=1S/C16H20N6O/c1-11-5-8-22(14(23)3-6-17)9-13(11)21(2)16-12-4-7-18-15(12)19-10-20-16/h4,7,10-11,13H,3,5,8-9H2,1-2H3,(H,18,19,20)/t11-,13+/m1/s1/i1D3,2D3,10D. The van der Waals surface area contributed by atoms with Crippen molar-refractivity contribution in [2.75, 3.05) is 25.0 Å². The normalized spacial score (nSPS) is 26.7. The van der Waals surface area contributed by atoms with Gasteiger partial charge in [0.15, 0.2) is 0 Å².